The summed E-state index contributed by atoms with van der Waals surface area (Å²) in [4.78, 5) is 9.62. The predicted molar refractivity (Wildman–Crippen MR) is 88.4 cm³/mol. The van der Waals surface area contributed by atoms with E-state index in [1.54, 1.807) is 0 Å². The number of aryl methyl sites for hydroxylation is 2. The van der Waals surface area contributed by atoms with E-state index in [-0.39, 0.29) is 0 Å². The number of nitrogens with one attached hydrogen (secondary N) is 1. The average molecular weight is 289 g/mol. The van der Waals surface area contributed by atoms with Crippen LogP contribution in [0.4, 0.5) is 0 Å². The first-order valence-corrected chi connectivity index (χ1v) is 8.31. The summed E-state index contributed by atoms with van der Waals surface area (Å²) in [5, 5.41) is 3.21. The molecule has 3 nitrogen and oxygen atoms in total. The van der Waals surface area contributed by atoms with Crippen LogP contribution in [0.25, 0.3) is 0 Å². The summed E-state index contributed by atoms with van der Waals surface area (Å²) in [7, 11) is 1.97. The molecule has 0 unspecified atom stereocenters. The van der Waals surface area contributed by atoms with E-state index in [1.165, 1.54) is 31.2 Å². The topological polar surface area (TPSA) is 37.8 Å². The third kappa shape index (κ3) is 3.82. The fraction of sp³-hybridized carbons (Fsp3) is 0.778. The van der Waals surface area contributed by atoms with Crippen molar-refractivity contribution >= 4 is 0 Å². The van der Waals surface area contributed by atoms with Crippen molar-refractivity contribution in [3.63, 3.8) is 0 Å². The van der Waals surface area contributed by atoms with Gasteiger partial charge < -0.3 is 5.32 Å². The van der Waals surface area contributed by atoms with Crippen LogP contribution in [0.1, 0.15) is 75.1 Å². The van der Waals surface area contributed by atoms with Gasteiger partial charge in [-0.1, -0.05) is 20.8 Å². The maximum atomic E-state index is 4.81. The molecule has 1 N–H and O–H groups in total. The molecule has 0 spiro atoms. The van der Waals surface area contributed by atoms with Crippen LogP contribution >= 0.6 is 0 Å². The minimum Gasteiger partial charge on any atom is -0.316 e. The molecular formula is C18H31N3. The molecule has 0 atom stereocenters. The van der Waals surface area contributed by atoms with Gasteiger partial charge >= 0.3 is 0 Å². The lowest BCUT2D eigenvalue weighted by Crippen LogP contribution is -2.26. The second-order valence-corrected chi connectivity index (χ2v) is 7.68. The molecule has 3 heteroatoms. The minimum atomic E-state index is 0.439. The SMILES string of the molecule is CNCc1c(C)nc(C2CCC(C(C)(C)C)CC2)nc1C. The highest BCUT2D eigenvalue weighted by Crippen LogP contribution is 2.42. The summed E-state index contributed by atoms with van der Waals surface area (Å²) >= 11 is 0. The molecule has 1 aromatic heterocycles. The van der Waals surface area contributed by atoms with E-state index in [0.29, 0.717) is 11.3 Å². The van der Waals surface area contributed by atoms with Crippen LogP contribution in [-0.2, 0) is 6.54 Å². The highest BCUT2D eigenvalue weighted by molar-refractivity contribution is 5.25. The van der Waals surface area contributed by atoms with E-state index < -0.39 is 0 Å². The molecule has 0 aromatic carbocycles. The Balaban J connectivity index is 2.11. The minimum absolute atomic E-state index is 0.439. The lowest BCUT2D eigenvalue weighted by Gasteiger charge is -2.36. The molecule has 1 fully saturated rings. The van der Waals surface area contributed by atoms with Crippen LogP contribution in [0, 0.1) is 25.2 Å². The molecule has 1 heterocycles. The second kappa shape index (κ2) is 6.43. The van der Waals surface area contributed by atoms with Gasteiger partial charge in [0.15, 0.2) is 0 Å². The van der Waals surface area contributed by atoms with Gasteiger partial charge in [0.1, 0.15) is 5.82 Å². The zero-order valence-electron chi connectivity index (χ0n) is 14.6. The molecule has 1 aliphatic rings. The molecule has 0 aliphatic heterocycles. The van der Waals surface area contributed by atoms with Gasteiger partial charge in [0.2, 0.25) is 0 Å². The van der Waals surface area contributed by atoms with Crippen LogP contribution in [-0.4, -0.2) is 17.0 Å². The zero-order valence-corrected chi connectivity index (χ0v) is 14.6. The van der Waals surface area contributed by atoms with Crippen LogP contribution in [0.2, 0.25) is 0 Å². The summed E-state index contributed by atoms with van der Waals surface area (Å²) in [6.07, 6.45) is 5.11. The van der Waals surface area contributed by atoms with Crippen LogP contribution in [0.15, 0.2) is 0 Å². The van der Waals surface area contributed by atoms with E-state index in [4.69, 9.17) is 9.97 Å². The van der Waals surface area contributed by atoms with Crippen molar-refractivity contribution in [1.29, 1.82) is 0 Å². The van der Waals surface area contributed by atoms with E-state index in [1.807, 2.05) is 7.05 Å². The van der Waals surface area contributed by atoms with Crippen molar-refractivity contribution in [3.05, 3.63) is 22.8 Å². The number of hydrogen-bond acceptors (Lipinski definition) is 3. The third-order valence-corrected chi connectivity index (χ3v) is 5.11. The molecule has 0 saturated heterocycles. The molecule has 21 heavy (non-hydrogen) atoms. The molecular weight excluding hydrogens is 258 g/mol. The first-order valence-electron chi connectivity index (χ1n) is 8.31. The van der Waals surface area contributed by atoms with E-state index in [2.05, 4.69) is 39.9 Å². The monoisotopic (exact) mass is 289 g/mol. The third-order valence-electron chi connectivity index (χ3n) is 5.11. The van der Waals surface area contributed by atoms with E-state index in [0.717, 1.165) is 29.7 Å². The van der Waals surface area contributed by atoms with Crippen LogP contribution < -0.4 is 5.32 Å². The van der Waals surface area contributed by atoms with E-state index in [9.17, 15) is 0 Å². The van der Waals surface area contributed by atoms with Gasteiger partial charge in [-0.2, -0.15) is 0 Å². The normalized spacial score (nSPS) is 23.3. The molecule has 1 aromatic rings. The molecule has 2 rings (SSSR count). The maximum Gasteiger partial charge on any atom is 0.131 e. The first-order chi connectivity index (χ1) is 9.82. The number of aromatic nitrogens is 2. The van der Waals surface area contributed by atoms with Gasteiger partial charge in [0.25, 0.3) is 0 Å². The van der Waals surface area contributed by atoms with Crippen molar-refractivity contribution in [1.82, 2.24) is 15.3 Å². The summed E-state index contributed by atoms with van der Waals surface area (Å²) in [6, 6.07) is 0. The first kappa shape index (κ1) is 16.4. The van der Waals surface area contributed by atoms with Crippen molar-refractivity contribution in [2.24, 2.45) is 11.3 Å². The summed E-state index contributed by atoms with van der Waals surface area (Å²) in [6.45, 7) is 12.2. The molecule has 1 aliphatic carbocycles. The molecule has 0 amide bonds. The van der Waals surface area contributed by atoms with Gasteiger partial charge in [0.05, 0.1) is 0 Å². The fourth-order valence-electron chi connectivity index (χ4n) is 3.60. The molecule has 118 valence electrons. The Morgan fingerprint density at radius 2 is 1.52 bits per heavy atom. The summed E-state index contributed by atoms with van der Waals surface area (Å²) < 4.78 is 0. The van der Waals surface area contributed by atoms with Gasteiger partial charge in [0, 0.05) is 29.4 Å². The number of hydrogen-bond donors (Lipinski definition) is 1. The van der Waals surface area contributed by atoms with Crippen molar-refractivity contribution < 1.29 is 0 Å². The Kier molecular flexibility index (Phi) is 5.03. The Labute approximate surface area is 130 Å². The van der Waals surface area contributed by atoms with Gasteiger partial charge in [-0.15, -0.1) is 0 Å². The molecule has 0 bridgehead atoms. The smallest absolute Gasteiger partial charge is 0.131 e. The molecule has 1 saturated carbocycles. The Bertz CT molecular complexity index is 457. The zero-order chi connectivity index (χ0) is 15.6. The highest BCUT2D eigenvalue weighted by atomic mass is 14.9. The Morgan fingerprint density at radius 1 is 1.00 bits per heavy atom. The largest absolute Gasteiger partial charge is 0.316 e. The average Bonchev–Trinajstić information content (AvgIpc) is 2.42. The summed E-state index contributed by atoms with van der Waals surface area (Å²) in [5.41, 5.74) is 3.98. The predicted octanol–water partition coefficient (Wildman–Crippen LogP) is 4.13. The summed E-state index contributed by atoms with van der Waals surface area (Å²) in [5.74, 6) is 2.49. The van der Waals surface area contributed by atoms with Crippen molar-refractivity contribution in [3.8, 4) is 0 Å². The lowest BCUT2D eigenvalue weighted by molar-refractivity contribution is 0.167. The second-order valence-electron chi connectivity index (χ2n) is 7.68. The van der Waals surface area contributed by atoms with E-state index >= 15 is 0 Å². The highest BCUT2D eigenvalue weighted by Gasteiger charge is 2.31. The molecule has 0 radical (unpaired) electrons. The standard InChI is InChI=1S/C18H31N3/c1-12-16(11-19-6)13(2)21-17(20-12)14-7-9-15(10-8-14)18(3,4)5/h14-15,19H,7-11H2,1-6H3. The van der Waals surface area contributed by atoms with Crippen LogP contribution in [0.5, 0.6) is 0 Å². The van der Waals surface area contributed by atoms with Crippen LogP contribution in [0.3, 0.4) is 0 Å². The van der Waals surface area contributed by atoms with Gasteiger partial charge in [-0.05, 0) is 57.9 Å². The van der Waals surface area contributed by atoms with Gasteiger partial charge in [-0.3, -0.25) is 0 Å². The van der Waals surface area contributed by atoms with Gasteiger partial charge in [-0.25, -0.2) is 9.97 Å². The van der Waals surface area contributed by atoms with Crippen molar-refractivity contribution in [2.45, 2.75) is 72.8 Å². The quantitative estimate of drug-likeness (QED) is 0.909. The fourth-order valence-corrected chi connectivity index (χ4v) is 3.60. The maximum absolute atomic E-state index is 4.81. The number of rotatable bonds is 3. The number of nitrogens with zero attached hydrogens (tertiary/aromatic N) is 2. The Morgan fingerprint density at radius 3 is 1.95 bits per heavy atom. The Hall–Kier alpha value is -0.960. The lowest BCUT2D eigenvalue weighted by atomic mass is 9.69. The van der Waals surface area contributed by atoms with Crippen molar-refractivity contribution in [2.75, 3.05) is 7.05 Å².